The number of nitrogens with one attached hydrogen (secondary N) is 1. The van der Waals surface area contributed by atoms with Crippen molar-refractivity contribution in [2.75, 3.05) is 13.6 Å². The molecule has 1 aliphatic carbocycles. The Morgan fingerprint density at radius 2 is 2.11 bits per heavy atom. The van der Waals surface area contributed by atoms with Crippen LogP contribution < -0.4 is 5.32 Å². The van der Waals surface area contributed by atoms with Crippen molar-refractivity contribution in [3.63, 3.8) is 0 Å². The maximum Gasteiger partial charge on any atom is 0.416 e. The van der Waals surface area contributed by atoms with E-state index in [2.05, 4.69) is 5.32 Å². The normalized spacial score (nSPS) is 26.3. The smallest absolute Gasteiger partial charge is 0.319 e. The Morgan fingerprint density at radius 3 is 2.53 bits per heavy atom. The van der Waals surface area contributed by atoms with Gasteiger partial charge in [0.05, 0.1) is 5.56 Å². The van der Waals surface area contributed by atoms with Crippen LogP contribution in [0.25, 0.3) is 0 Å². The zero-order valence-corrected chi connectivity index (χ0v) is 10.2. The molecule has 0 amide bonds. The highest BCUT2D eigenvalue weighted by molar-refractivity contribution is 5.79. The molecule has 0 heterocycles. The summed E-state index contributed by atoms with van der Waals surface area (Å²) in [4.78, 5) is 10.9. The summed E-state index contributed by atoms with van der Waals surface area (Å²) in [5.74, 6) is 0. The van der Waals surface area contributed by atoms with Gasteiger partial charge in [0.1, 0.15) is 12.5 Å². The third-order valence-electron chi connectivity index (χ3n) is 3.52. The molecule has 2 atom stereocenters. The molecule has 0 saturated heterocycles. The van der Waals surface area contributed by atoms with Gasteiger partial charge in [-0.05, 0) is 31.2 Å². The minimum Gasteiger partial charge on any atom is -0.319 e. The predicted molar refractivity (Wildman–Crippen MR) is 61.9 cm³/mol. The summed E-state index contributed by atoms with van der Waals surface area (Å²) in [6.45, 7) is 0.205. The van der Waals surface area contributed by atoms with E-state index in [4.69, 9.17) is 0 Å². The third-order valence-corrected chi connectivity index (χ3v) is 3.52. The molecule has 19 heavy (non-hydrogen) atoms. The van der Waals surface area contributed by atoms with Crippen molar-refractivity contribution in [1.82, 2.24) is 5.32 Å². The van der Waals surface area contributed by atoms with Gasteiger partial charge in [-0.25, -0.2) is 4.39 Å². The SMILES string of the molecule is CNC[C@]1(c2cc(C(F)(F)F)ccc2C=O)CC1F. The Hall–Kier alpha value is -1.43. The molecule has 0 spiro atoms. The molecule has 1 unspecified atom stereocenters. The van der Waals surface area contributed by atoms with Gasteiger partial charge in [-0.1, -0.05) is 6.07 Å². The fraction of sp³-hybridized carbons (Fsp3) is 0.462. The lowest BCUT2D eigenvalue weighted by molar-refractivity contribution is -0.137. The van der Waals surface area contributed by atoms with Crippen molar-refractivity contribution in [3.05, 3.63) is 34.9 Å². The van der Waals surface area contributed by atoms with Crippen LogP contribution in [0.3, 0.4) is 0 Å². The summed E-state index contributed by atoms with van der Waals surface area (Å²) in [6.07, 6.45) is -5.12. The molecule has 0 aromatic heterocycles. The first-order valence-corrected chi connectivity index (χ1v) is 5.81. The predicted octanol–water partition coefficient (Wildman–Crippen LogP) is 2.72. The van der Waals surface area contributed by atoms with E-state index in [0.717, 1.165) is 18.2 Å². The van der Waals surface area contributed by atoms with E-state index in [1.165, 1.54) is 0 Å². The highest BCUT2D eigenvalue weighted by atomic mass is 19.4. The zero-order chi connectivity index (χ0) is 14.3. The van der Waals surface area contributed by atoms with E-state index in [1.807, 2.05) is 0 Å². The van der Waals surface area contributed by atoms with Crippen molar-refractivity contribution in [1.29, 1.82) is 0 Å². The quantitative estimate of drug-likeness (QED) is 0.676. The highest BCUT2D eigenvalue weighted by Gasteiger charge is 2.57. The maximum absolute atomic E-state index is 13.6. The van der Waals surface area contributed by atoms with Crippen LogP contribution >= 0.6 is 0 Å². The Morgan fingerprint density at radius 1 is 1.47 bits per heavy atom. The van der Waals surface area contributed by atoms with Crippen LogP contribution in [-0.2, 0) is 11.6 Å². The van der Waals surface area contributed by atoms with Crippen LogP contribution in [0.5, 0.6) is 0 Å². The van der Waals surface area contributed by atoms with Crippen molar-refractivity contribution in [2.24, 2.45) is 0 Å². The fourth-order valence-electron chi connectivity index (χ4n) is 2.40. The van der Waals surface area contributed by atoms with E-state index in [0.29, 0.717) is 6.29 Å². The van der Waals surface area contributed by atoms with Gasteiger partial charge in [0.15, 0.2) is 0 Å². The van der Waals surface area contributed by atoms with Crippen molar-refractivity contribution < 1.29 is 22.4 Å². The topological polar surface area (TPSA) is 29.1 Å². The van der Waals surface area contributed by atoms with Gasteiger partial charge >= 0.3 is 6.18 Å². The number of benzene rings is 1. The van der Waals surface area contributed by atoms with Gasteiger partial charge in [0, 0.05) is 17.5 Å². The summed E-state index contributed by atoms with van der Waals surface area (Å²) < 4.78 is 51.7. The van der Waals surface area contributed by atoms with E-state index < -0.39 is 23.3 Å². The minimum absolute atomic E-state index is 0.114. The molecule has 1 N–H and O–H groups in total. The standard InChI is InChI=1S/C13H13F4NO/c1-18-7-12(5-11(12)14)10-4-9(13(15,16)17)3-2-8(10)6-19/h2-4,6,11,18H,5,7H2,1H3/t11?,12-/m0/s1. The van der Waals surface area contributed by atoms with Gasteiger partial charge in [-0.2, -0.15) is 13.2 Å². The molecule has 2 nitrogen and oxygen atoms in total. The summed E-state index contributed by atoms with van der Waals surface area (Å²) in [7, 11) is 1.60. The average molecular weight is 275 g/mol. The van der Waals surface area contributed by atoms with E-state index >= 15 is 0 Å². The lowest BCUT2D eigenvalue weighted by atomic mass is 9.89. The van der Waals surface area contributed by atoms with Crippen LogP contribution in [0.1, 0.15) is 27.9 Å². The first kappa shape index (κ1) is 14.0. The molecule has 1 saturated carbocycles. The van der Waals surface area contributed by atoms with Gasteiger partial charge in [-0.15, -0.1) is 0 Å². The molecule has 1 aromatic rings. The van der Waals surface area contributed by atoms with E-state index in [1.54, 1.807) is 7.05 Å². The van der Waals surface area contributed by atoms with Crippen LogP contribution in [0.4, 0.5) is 17.6 Å². The first-order valence-electron chi connectivity index (χ1n) is 5.81. The Bertz CT molecular complexity index is 500. The molecule has 1 aliphatic rings. The maximum atomic E-state index is 13.6. The minimum atomic E-state index is -4.50. The molecule has 0 radical (unpaired) electrons. The van der Waals surface area contributed by atoms with Crippen LogP contribution in [0, 0.1) is 0 Å². The molecular formula is C13H13F4NO. The fourth-order valence-corrected chi connectivity index (χ4v) is 2.40. The van der Waals surface area contributed by atoms with Crippen LogP contribution in [-0.4, -0.2) is 26.1 Å². The number of carbonyl (C=O) groups is 1. The lowest BCUT2D eigenvalue weighted by Crippen LogP contribution is -2.28. The second-order valence-corrected chi connectivity index (χ2v) is 4.78. The number of likely N-dealkylation sites (N-methyl/N-ethyl adjacent to an activating group) is 1. The van der Waals surface area contributed by atoms with E-state index in [9.17, 15) is 22.4 Å². The Kier molecular flexibility index (Phi) is 3.38. The van der Waals surface area contributed by atoms with Crippen molar-refractivity contribution in [2.45, 2.75) is 24.2 Å². The van der Waals surface area contributed by atoms with Crippen LogP contribution in [0.15, 0.2) is 18.2 Å². The highest BCUT2D eigenvalue weighted by Crippen LogP contribution is 2.52. The Balaban J connectivity index is 2.51. The number of rotatable bonds is 4. The molecule has 2 rings (SSSR count). The molecule has 0 bridgehead atoms. The van der Waals surface area contributed by atoms with E-state index in [-0.39, 0.29) is 24.1 Å². The molecular weight excluding hydrogens is 262 g/mol. The second-order valence-electron chi connectivity index (χ2n) is 4.78. The molecule has 0 aliphatic heterocycles. The summed E-state index contributed by atoms with van der Waals surface area (Å²) in [5, 5.41) is 2.77. The monoisotopic (exact) mass is 275 g/mol. The number of alkyl halides is 4. The van der Waals surface area contributed by atoms with Gasteiger partial charge in [0.25, 0.3) is 0 Å². The molecule has 6 heteroatoms. The van der Waals surface area contributed by atoms with Crippen molar-refractivity contribution in [3.8, 4) is 0 Å². The van der Waals surface area contributed by atoms with Crippen molar-refractivity contribution >= 4 is 6.29 Å². The summed E-state index contributed by atoms with van der Waals surface area (Å²) in [5.41, 5.74) is -1.61. The van der Waals surface area contributed by atoms with Gasteiger partial charge in [0.2, 0.25) is 0 Å². The summed E-state index contributed by atoms with van der Waals surface area (Å²) in [6, 6.07) is 2.84. The first-order chi connectivity index (χ1) is 8.85. The third kappa shape index (κ3) is 2.36. The lowest BCUT2D eigenvalue weighted by Gasteiger charge is -2.19. The summed E-state index contributed by atoms with van der Waals surface area (Å²) >= 11 is 0. The molecule has 1 fully saturated rings. The number of carbonyl (C=O) groups excluding carboxylic acids is 1. The number of aldehydes is 1. The molecule has 1 aromatic carbocycles. The van der Waals surface area contributed by atoms with Gasteiger partial charge in [-0.3, -0.25) is 4.79 Å². The zero-order valence-electron chi connectivity index (χ0n) is 10.2. The number of hydrogen-bond acceptors (Lipinski definition) is 2. The average Bonchev–Trinajstić information content (AvgIpc) is 2.99. The largest absolute Gasteiger partial charge is 0.416 e. The Labute approximate surface area is 107 Å². The molecule has 104 valence electrons. The van der Waals surface area contributed by atoms with Gasteiger partial charge < -0.3 is 5.32 Å². The number of halogens is 4. The number of hydrogen-bond donors (Lipinski definition) is 1. The second kappa shape index (κ2) is 4.59. The van der Waals surface area contributed by atoms with Crippen LogP contribution in [0.2, 0.25) is 0 Å².